The normalized spacial score (nSPS) is 16.4. The zero-order chi connectivity index (χ0) is 22.0. The first-order chi connectivity index (χ1) is 15.0. The van der Waals surface area contributed by atoms with Crippen LogP contribution in [0.3, 0.4) is 0 Å². The summed E-state index contributed by atoms with van der Waals surface area (Å²) in [5, 5.41) is 0. The number of aryl methyl sites for hydroxylation is 2. The van der Waals surface area contributed by atoms with Crippen molar-refractivity contribution >= 4 is 11.5 Å². The lowest BCUT2D eigenvalue weighted by atomic mass is 9.96. The van der Waals surface area contributed by atoms with E-state index in [0.717, 1.165) is 35.6 Å². The Morgan fingerprint density at radius 2 is 1.74 bits per heavy atom. The minimum absolute atomic E-state index is 0.0242. The molecule has 0 amide bonds. The molecule has 2 N–H and O–H groups in total. The fourth-order valence-electron chi connectivity index (χ4n) is 4.22. The molecule has 0 saturated carbocycles. The summed E-state index contributed by atoms with van der Waals surface area (Å²) in [5.74, 6) is 0.929. The number of morpholine rings is 1. The number of aromatic nitrogens is 2. The van der Waals surface area contributed by atoms with Gasteiger partial charge in [0.1, 0.15) is 5.82 Å². The molecule has 0 bridgehead atoms. The van der Waals surface area contributed by atoms with Crippen LogP contribution < -0.4 is 15.5 Å². The van der Waals surface area contributed by atoms with Gasteiger partial charge in [0.05, 0.1) is 18.4 Å². The van der Waals surface area contributed by atoms with Crippen LogP contribution in [0, 0.1) is 13.8 Å². The highest BCUT2D eigenvalue weighted by Gasteiger charge is 2.25. The van der Waals surface area contributed by atoms with Crippen LogP contribution in [0.4, 0.5) is 11.5 Å². The van der Waals surface area contributed by atoms with Crippen LogP contribution in [-0.2, 0) is 4.74 Å². The van der Waals surface area contributed by atoms with E-state index in [4.69, 9.17) is 10.5 Å². The molecule has 1 fully saturated rings. The van der Waals surface area contributed by atoms with Gasteiger partial charge in [0.25, 0.3) is 0 Å². The Kier molecular flexibility index (Phi) is 6.20. The van der Waals surface area contributed by atoms with Gasteiger partial charge >= 0.3 is 0 Å². The smallest absolute Gasteiger partial charge is 0.127 e. The maximum absolute atomic E-state index is 5.95. The second-order valence-corrected chi connectivity index (χ2v) is 8.43. The Bertz CT molecular complexity index is 1030. The lowest BCUT2D eigenvalue weighted by Crippen LogP contribution is -2.46. The zero-order valence-corrected chi connectivity index (χ0v) is 18.8. The number of hydrogen-bond acceptors (Lipinski definition) is 6. The van der Waals surface area contributed by atoms with Crippen molar-refractivity contribution in [1.29, 1.82) is 0 Å². The molecule has 6 nitrogen and oxygen atoms in total. The monoisotopic (exact) mass is 417 g/mol. The molecule has 162 valence electrons. The van der Waals surface area contributed by atoms with Gasteiger partial charge in [0, 0.05) is 69.0 Å². The summed E-state index contributed by atoms with van der Waals surface area (Å²) >= 11 is 0. The van der Waals surface area contributed by atoms with E-state index in [1.165, 1.54) is 22.4 Å². The van der Waals surface area contributed by atoms with Gasteiger partial charge < -0.3 is 20.3 Å². The van der Waals surface area contributed by atoms with Crippen molar-refractivity contribution in [3.05, 3.63) is 60.0 Å². The largest absolute Gasteiger partial charge is 0.373 e. The van der Waals surface area contributed by atoms with Gasteiger partial charge in [-0.3, -0.25) is 4.98 Å². The molecule has 0 aliphatic carbocycles. The molecule has 1 aliphatic heterocycles. The average Bonchev–Trinajstić information content (AvgIpc) is 2.78. The summed E-state index contributed by atoms with van der Waals surface area (Å²) in [6.45, 7) is 7.01. The van der Waals surface area contributed by atoms with E-state index in [2.05, 4.69) is 53.0 Å². The molecule has 1 atom stereocenters. The summed E-state index contributed by atoms with van der Waals surface area (Å²) in [4.78, 5) is 13.7. The molecule has 0 spiro atoms. The van der Waals surface area contributed by atoms with Gasteiger partial charge in [-0.1, -0.05) is 29.3 Å². The van der Waals surface area contributed by atoms with Crippen molar-refractivity contribution < 1.29 is 4.74 Å². The summed E-state index contributed by atoms with van der Waals surface area (Å²) in [5.41, 5.74) is 14.0. The Labute approximate surface area is 184 Å². The number of benzene rings is 1. The molecule has 1 aliphatic rings. The second kappa shape index (κ2) is 9.04. The minimum Gasteiger partial charge on any atom is -0.373 e. The molecule has 31 heavy (non-hydrogen) atoms. The van der Waals surface area contributed by atoms with E-state index in [-0.39, 0.29) is 6.10 Å². The minimum atomic E-state index is 0.0242. The fraction of sp³-hybridized carbons (Fsp3) is 0.360. The molecule has 1 unspecified atom stereocenters. The van der Waals surface area contributed by atoms with Gasteiger partial charge in [0.2, 0.25) is 0 Å². The summed E-state index contributed by atoms with van der Waals surface area (Å²) in [6, 6.07) is 10.8. The third-order valence-corrected chi connectivity index (χ3v) is 5.69. The number of anilines is 2. The van der Waals surface area contributed by atoms with Crippen molar-refractivity contribution in [3.8, 4) is 22.3 Å². The van der Waals surface area contributed by atoms with Crippen LogP contribution in [0.15, 0.2) is 48.9 Å². The van der Waals surface area contributed by atoms with Crippen LogP contribution in [0.5, 0.6) is 0 Å². The zero-order valence-electron chi connectivity index (χ0n) is 18.8. The topological polar surface area (TPSA) is 67.5 Å². The van der Waals surface area contributed by atoms with E-state index >= 15 is 0 Å². The Morgan fingerprint density at radius 1 is 1.03 bits per heavy atom. The molecular weight excluding hydrogens is 386 g/mol. The molecule has 6 heteroatoms. The van der Waals surface area contributed by atoms with Crippen LogP contribution in [0.25, 0.3) is 22.3 Å². The highest BCUT2D eigenvalue weighted by atomic mass is 16.5. The number of ether oxygens (including phenoxy) is 1. The first-order valence-electron chi connectivity index (χ1n) is 10.7. The summed E-state index contributed by atoms with van der Waals surface area (Å²) < 4.78 is 5.85. The van der Waals surface area contributed by atoms with Crippen LogP contribution in [0.1, 0.15) is 11.1 Å². The highest BCUT2D eigenvalue weighted by molar-refractivity contribution is 5.90. The van der Waals surface area contributed by atoms with E-state index in [1.807, 2.05) is 43.7 Å². The number of pyridine rings is 2. The van der Waals surface area contributed by atoms with Gasteiger partial charge in [-0.05, 0) is 31.5 Å². The molecule has 3 aromatic rings. The molecule has 2 aromatic heterocycles. The summed E-state index contributed by atoms with van der Waals surface area (Å²) in [7, 11) is 3.99. The molecule has 1 aromatic carbocycles. The lowest BCUT2D eigenvalue weighted by molar-refractivity contribution is 0.0466. The molecule has 3 heterocycles. The second-order valence-electron chi connectivity index (χ2n) is 8.43. The van der Waals surface area contributed by atoms with Gasteiger partial charge in [-0.15, -0.1) is 0 Å². The van der Waals surface area contributed by atoms with Crippen LogP contribution in [-0.4, -0.2) is 56.4 Å². The average molecular weight is 418 g/mol. The Hall–Kier alpha value is -2.96. The van der Waals surface area contributed by atoms with E-state index in [9.17, 15) is 0 Å². The van der Waals surface area contributed by atoms with Crippen molar-refractivity contribution in [1.82, 2.24) is 9.97 Å². The third-order valence-electron chi connectivity index (χ3n) is 5.69. The SMILES string of the molecule is Cc1cc(C)cc(-c2cncc(-c3ccc(N(C)C)nc3)c2N2CCOC(CN)C2)c1. The van der Waals surface area contributed by atoms with Gasteiger partial charge in [0.15, 0.2) is 0 Å². The molecule has 4 rings (SSSR count). The maximum Gasteiger partial charge on any atom is 0.127 e. The molecule has 1 saturated heterocycles. The van der Waals surface area contributed by atoms with E-state index in [0.29, 0.717) is 13.2 Å². The number of hydrogen-bond donors (Lipinski definition) is 1. The van der Waals surface area contributed by atoms with Gasteiger partial charge in [-0.2, -0.15) is 0 Å². The number of nitrogens with zero attached hydrogens (tertiary/aromatic N) is 4. The maximum atomic E-state index is 5.95. The predicted molar refractivity (Wildman–Crippen MR) is 128 cm³/mol. The third kappa shape index (κ3) is 4.55. The van der Waals surface area contributed by atoms with Crippen molar-refractivity contribution in [3.63, 3.8) is 0 Å². The van der Waals surface area contributed by atoms with Crippen molar-refractivity contribution in [2.24, 2.45) is 5.73 Å². The quantitative estimate of drug-likeness (QED) is 0.683. The standard InChI is InChI=1S/C25H31N5O/c1-17-9-18(2)11-20(10-17)23-15-27-14-22(19-5-6-24(28-13-19)29(3)4)25(23)30-7-8-31-21(12-26)16-30/h5-6,9-11,13-15,21H,7-8,12,16,26H2,1-4H3. The number of nitrogens with two attached hydrogens (primary N) is 1. The van der Waals surface area contributed by atoms with Crippen LogP contribution >= 0.6 is 0 Å². The van der Waals surface area contributed by atoms with E-state index in [1.54, 1.807) is 0 Å². The first-order valence-corrected chi connectivity index (χ1v) is 10.7. The molecule has 0 radical (unpaired) electrons. The van der Waals surface area contributed by atoms with Crippen molar-refractivity contribution in [2.75, 3.05) is 50.1 Å². The first kappa shape index (κ1) is 21.3. The molecular formula is C25H31N5O. The summed E-state index contributed by atoms with van der Waals surface area (Å²) in [6.07, 6.45) is 5.88. The number of rotatable bonds is 5. The van der Waals surface area contributed by atoms with Crippen LogP contribution in [0.2, 0.25) is 0 Å². The Morgan fingerprint density at radius 3 is 2.35 bits per heavy atom. The Balaban J connectivity index is 1.88. The van der Waals surface area contributed by atoms with Gasteiger partial charge in [-0.25, -0.2) is 4.98 Å². The predicted octanol–water partition coefficient (Wildman–Crippen LogP) is 3.66. The lowest BCUT2D eigenvalue weighted by Gasteiger charge is -2.36. The van der Waals surface area contributed by atoms with Crippen molar-refractivity contribution in [2.45, 2.75) is 20.0 Å². The fourth-order valence-corrected chi connectivity index (χ4v) is 4.22. The highest BCUT2D eigenvalue weighted by Crippen LogP contribution is 2.40. The van der Waals surface area contributed by atoms with E-state index < -0.39 is 0 Å².